The maximum atomic E-state index is 12.1. The normalized spacial score (nSPS) is 11.0. The predicted molar refractivity (Wildman–Crippen MR) is 114 cm³/mol. The van der Waals surface area contributed by atoms with Gasteiger partial charge in [-0.15, -0.1) is 11.3 Å². The van der Waals surface area contributed by atoms with Gasteiger partial charge in [-0.1, -0.05) is 0 Å². The number of carbonyl (C=O) groups is 1. The van der Waals surface area contributed by atoms with Crippen molar-refractivity contribution in [3.8, 4) is 28.7 Å². The highest BCUT2D eigenvalue weighted by Gasteiger charge is 2.24. The number of aromatic nitrogens is 1. The molecule has 7 N–H and O–H groups in total. The van der Waals surface area contributed by atoms with Gasteiger partial charge in [0.1, 0.15) is 21.5 Å². The number of nitrogens with zero attached hydrogens (tertiary/aromatic N) is 2. The predicted octanol–water partition coefficient (Wildman–Crippen LogP) is 2.97. The van der Waals surface area contributed by atoms with Gasteiger partial charge in [0.2, 0.25) is 0 Å². The summed E-state index contributed by atoms with van der Waals surface area (Å²) in [6, 6.07) is 9.31. The minimum absolute atomic E-state index is 0.283. The van der Waals surface area contributed by atoms with Gasteiger partial charge in [0, 0.05) is 35.4 Å². The Bertz CT molecular complexity index is 1240. The number of rotatable bonds is 6. The standard InChI is InChI=1S/C20H18N6O2S/c21-2-1-3-25-12-5-11-6-14(23)17(28-15(11)7-12)16-13-4-10(8-22)9-26-20(13)29-18(16)19(24)27/h4-7,9,25H,1-3,21,23H2,(H2,24,27). The minimum Gasteiger partial charge on any atom is -0.454 e. The molecule has 2 aromatic rings. The molecular formula is C20H18N6O2S. The molecule has 2 aromatic heterocycles. The first-order valence-corrected chi connectivity index (χ1v) is 9.73. The molecule has 0 radical (unpaired) electrons. The molecule has 3 heterocycles. The number of thiophene rings is 1. The van der Waals surface area contributed by atoms with Crippen LogP contribution in [0.3, 0.4) is 0 Å². The summed E-state index contributed by atoms with van der Waals surface area (Å²) in [6.07, 6.45) is 2.30. The molecule has 0 aromatic carbocycles. The monoisotopic (exact) mass is 406 g/mol. The summed E-state index contributed by atoms with van der Waals surface area (Å²) < 4.78 is 6.09. The number of hydrogen-bond donors (Lipinski definition) is 4. The van der Waals surface area contributed by atoms with Crippen LogP contribution in [-0.2, 0) is 0 Å². The molecular weight excluding hydrogens is 388 g/mol. The first-order valence-electron chi connectivity index (χ1n) is 8.91. The van der Waals surface area contributed by atoms with Crippen molar-refractivity contribution in [1.82, 2.24) is 4.98 Å². The Labute approximate surface area is 170 Å². The van der Waals surface area contributed by atoms with E-state index in [4.69, 9.17) is 21.6 Å². The van der Waals surface area contributed by atoms with E-state index in [2.05, 4.69) is 16.4 Å². The van der Waals surface area contributed by atoms with Crippen LogP contribution in [0.25, 0.3) is 32.9 Å². The van der Waals surface area contributed by atoms with E-state index in [1.165, 1.54) is 6.20 Å². The van der Waals surface area contributed by atoms with Gasteiger partial charge < -0.3 is 26.9 Å². The molecule has 1 aliphatic heterocycles. The first-order chi connectivity index (χ1) is 14.0. The van der Waals surface area contributed by atoms with E-state index in [1.807, 2.05) is 12.1 Å². The summed E-state index contributed by atoms with van der Waals surface area (Å²) in [5.41, 5.74) is 20.3. The number of nitrogens with two attached hydrogens (primary N) is 3. The second-order valence-electron chi connectivity index (χ2n) is 6.52. The topological polar surface area (TPSA) is 157 Å². The SMILES string of the molecule is N#Cc1cnc2sc(C(N)=O)c(-c3oc4cc(NCCCN)cc-4cc3N)c2c1. The van der Waals surface area contributed by atoms with Gasteiger partial charge in [0.05, 0.1) is 16.8 Å². The van der Waals surface area contributed by atoms with Crippen molar-refractivity contribution in [2.75, 3.05) is 24.1 Å². The van der Waals surface area contributed by atoms with E-state index in [9.17, 15) is 10.1 Å². The molecule has 0 bridgehead atoms. The molecule has 1 amide bonds. The number of hydrogen-bond acceptors (Lipinski definition) is 8. The van der Waals surface area contributed by atoms with E-state index in [-0.39, 0.29) is 4.88 Å². The molecule has 0 unspecified atom stereocenters. The fourth-order valence-corrected chi connectivity index (χ4v) is 4.16. The number of nitriles is 1. The van der Waals surface area contributed by atoms with Crippen LogP contribution in [0.4, 0.5) is 11.4 Å². The number of nitrogen functional groups attached to an aromatic ring is 1. The maximum Gasteiger partial charge on any atom is 0.259 e. The summed E-state index contributed by atoms with van der Waals surface area (Å²) in [6.45, 7) is 1.35. The Morgan fingerprint density at radius 2 is 2.14 bits per heavy atom. The Morgan fingerprint density at radius 1 is 1.31 bits per heavy atom. The molecule has 29 heavy (non-hydrogen) atoms. The van der Waals surface area contributed by atoms with E-state index in [0.717, 1.165) is 35.6 Å². The Morgan fingerprint density at radius 3 is 2.86 bits per heavy atom. The van der Waals surface area contributed by atoms with Crippen molar-refractivity contribution in [3.05, 3.63) is 40.9 Å². The van der Waals surface area contributed by atoms with Gasteiger partial charge in [-0.3, -0.25) is 4.79 Å². The van der Waals surface area contributed by atoms with Crippen molar-refractivity contribution in [2.45, 2.75) is 6.42 Å². The number of fused-ring (bicyclic) bond motifs is 2. The van der Waals surface area contributed by atoms with E-state index in [1.54, 1.807) is 12.1 Å². The van der Waals surface area contributed by atoms with Crippen molar-refractivity contribution < 1.29 is 9.21 Å². The van der Waals surface area contributed by atoms with Gasteiger partial charge in [-0.2, -0.15) is 5.26 Å². The fraction of sp³-hybridized carbons (Fsp3) is 0.150. The Balaban J connectivity index is 1.90. The molecule has 146 valence electrons. The zero-order chi connectivity index (χ0) is 20.5. The van der Waals surface area contributed by atoms with Crippen LogP contribution >= 0.6 is 11.3 Å². The summed E-state index contributed by atoms with van der Waals surface area (Å²) in [5, 5.41) is 13.1. The van der Waals surface area contributed by atoms with Crippen LogP contribution < -0.4 is 22.5 Å². The summed E-state index contributed by atoms with van der Waals surface area (Å²) >= 11 is 1.14. The van der Waals surface area contributed by atoms with Gasteiger partial charge >= 0.3 is 0 Å². The maximum absolute atomic E-state index is 12.1. The number of nitrogens with one attached hydrogen (secondary N) is 1. The lowest BCUT2D eigenvalue weighted by Gasteiger charge is -2.09. The fourth-order valence-electron chi connectivity index (χ4n) is 3.18. The second kappa shape index (κ2) is 7.43. The molecule has 0 spiro atoms. The molecule has 9 heteroatoms. The van der Waals surface area contributed by atoms with Crippen molar-refractivity contribution >= 4 is 38.8 Å². The van der Waals surface area contributed by atoms with Crippen LogP contribution in [0.5, 0.6) is 0 Å². The van der Waals surface area contributed by atoms with Gasteiger partial charge in [0.25, 0.3) is 5.91 Å². The Hall–Kier alpha value is -3.61. The average molecular weight is 406 g/mol. The zero-order valence-corrected chi connectivity index (χ0v) is 16.2. The van der Waals surface area contributed by atoms with Crippen LogP contribution in [0.2, 0.25) is 0 Å². The molecule has 0 fully saturated rings. The summed E-state index contributed by atoms with van der Waals surface area (Å²) in [7, 11) is 0. The van der Waals surface area contributed by atoms with Crippen LogP contribution in [0, 0.1) is 11.3 Å². The van der Waals surface area contributed by atoms with Crippen LogP contribution in [0.15, 0.2) is 34.9 Å². The molecule has 4 rings (SSSR count). The lowest BCUT2D eigenvalue weighted by Crippen LogP contribution is -2.10. The third kappa shape index (κ3) is 3.35. The minimum atomic E-state index is -0.608. The summed E-state index contributed by atoms with van der Waals surface area (Å²) in [5.74, 6) is 0.333. The number of carbonyl (C=O) groups excluding carboxylic acids is 1. The van der Waals surface area contributed by atoms with Crippen molar-refractivity contribution in [1.29, 1.82) is 5.26 Å². The van der Waals surface area contributed by atoms with Gasteiger partial charge in [0.15, 0.2) is 5.76 Å². The molecule has 2 aliphatic rings. The van der Waals surface area contributed by atoms with Crippen molar-refractivity contribution in [2.24, 2.45) is 11.5 Å². The smallest absolute Gasteiger partial charge is 0.259 e. The van der Waals surface area contributed by atoms with Crippen molar-refractivity contribution in [3.63, 3.8) is 0 Å². The van der Waals surface area contributed by atoms with Gasteiger partial charge in [-0.25, -0.2) is 4.98 Å². The zero-order valence-electron chi connectivity index (χ0n) is 15.4. The lowest BCUT2D eigenvalue weighted by molar-refractivity contribution is 0.100. The van der Waals surface area contributed by atoms with E-state index < -0.39 is 5.91 Å². The first kappa shape index (κ1) is 18.7. The second-order valence-corrected chi connectivity index (χ2v) is 7.52. The largest absolute Gasteiger partial charge is 0.454 e. The summed E-state index contributed by atoms with van der Waals surface area (Å²) in [4.78, 5) is 17.2. The molecule has 1 aliphatic carbocycles. The number of amides is 1. The third-order valence-corrected chi connectivity index (χ3v) is 5.63. The number of primary amides is 1. The highest BCUT2D eigenvalue weighted by atomic mass is 32.1. The molecule has 0 atom stereocenters. The van der Waals surface area contributed by atoms with E-state index >= 15 is 0 Å². The number of pyridine rings is 1. The highest BCUT2D eigenvalue weighted by Crippen LogP contribution is 2.44. The van der Waals surface area contributed by atoms with Crippen LogP contribution in [0.1, 0.15) is 21.7 Å². The molecule has 8 nitrogen and oxygen atoms in total. The molecule has 0 saturated heterocycles. The van der Waals surface area contributed by atoms with E-state index in [0.29, 0.717) is 45.1 Å². The Kier molecular flexibility index (Phi) is 4.80. The highest BCUT2D eigenvalue weighted by molar-refractivity contribution is 7.21. The average Bonchev–Trinajstić information content (AvgIpc) is 3.27. The number of anilines is 2. The van der Waals surface area contributed by atoms with Gasteiger partial charge in [-0.05, 0) is 31.2 Å². The van der Waals surface area contributed by atoms with Crippen LogP contribution in [-0.4, -0.2) is 24.0 Å². The third-order valence-electron chi connectivity index (χ3n) is 4.50. The quantitative estimate of drug-likeness (QED) is 0.358. The lowest BCUT2D eigenvalue weighted by atomic mass is 10.1. The molecule has 0 saturated carbocycles.